The van der Waals surface area contributed by atoms with Crippen LogP contribution in [0.5, 0.6) is 0 Å². The standard InChI is InChI=1S/C15H23NO2/c1-12-7-8-14(11-13(12)2)15(18)16-9-5-3-4-6-10-17/h7-8,11,17H,3-6,9-10H2,1-2H3,(H,16,18). The van der Waals surface area contributed by atoms with E-state index < -0.39 is 0 Å². The molecule has 3 heteroatoms. The maximum absolute atomic E-state index is 11.8. The summed E-state index contributed by atoms with van der Waals surface area (Å²) in [6.45, 7) is 5.02. The zero-order chi connectivity index (χ0) is 13.4. The van der Waals surface area contributed by atoms with Crippen LogP contribution in [-0.2, 0) is 0 Å². The number of nitrogens with one attached hydrogen (secondary N) is 1. The van der Waals surface area contributed by atoms with E-state index in [1.165, 1.54) is 5.56 Å². The lowest BCUT2D eigenvalue weighted by Crippen LogP contribution is -2.24. The molecular formula is C15H23NO2. The molecule has 0 unspecified atom stereocenters. The van der Waals surface area contributed by atoms with E-state index in [0.29, 0.717) is 6.54 Å². The topological polar surface area (TPSA) is 49.3 Å². The van der Waals surface area contributed by atoms with Crippen molar-refractivity contribution in [3.63, 3.8) is 0 Å². The molecule has 0 aromatic heterocycles. The first-order valence-electron chi connectivity index (χ1n) is 6.61. The molecule has 0 fully saturated rings. The summed E-state index contributed by atoms with van der Waals surface area (Å²) in [7, 11) is 0. The summed E-state index contributed by atoms with van der Waals surface area (Å²) >= 11 is 0. The van der Waals surface area contributed by atoms with Crippen molar-refractivity contribution in [2.45, 2.75) is 39.5 Å². The molecule has 0 bridgehead atoms. The second kappa shape index (κ2) is 7.88. The Hall–Kier alpha value is -1.35. The van der Waals surface area contributed by atoms with Gasteiger partial charge in [-0.05, 0) is 49.9 Å². The van der Waals surface area contributed by atoms with Crippen LogP contribution in [0.2, 0.25) is 0 Å². The smallest absolute Gasteiger partial charge is 0.251 e. The number of aryl methyl sites for hydroxylation is 2. The van der Waals surface area contributed by atoms with E-state index in [2.05, 4.69) is 5.32 Å². The largest absolute Gasteiger partial charge is 0.396 e. The first-order valence-corrected chi connectivity index (χ1v) is 6.61. The van der Waals surface area contributed by atoms with E-state index in [1.54, 1.807) is 0 Å². The molecule has 0 atom stereocenters. The van der Waals surface area contributed by atoms with Crippen LogP contribution in [0.25, 0.3) is 0 Å². The van der Waals surface area contributed by atoms with Crippen molar-refractivity contribution in [2.24, 2.45) is 0 Å². The van der Waals surface area contributed by atoms with Gasteiger partial charge in [-0.3, -0.25) is 4.79 Å². The summed E-state index contributed by atoms with van der Waals surface area (Å²) in [5.41, 5.74) is 3.08. The molecule has 0 spiro atoms. The van der Waals surface area contributed by atoms with Crippen LogP contribution < -0.4 is 5.32 Å². The molecule has 0 aliphatic heterocycles. The van der Waals surface area contributed by atoms with E-state index >= 15 is 0 Å². The summed E-state index contributed by atoms with van der Waals surface area (Å²) in [4.78, 5) is 11.8. The molecule has 1 aromatic carbocycles. The van der Waals surface area contributed by atoms with Gasteiger partial charge in [-0.1, -0.05) is 18.9 Å². The third-order valence-electron chi connectivity index (χ3n) is 3.14. The number of hydrogen-bond donors (Lipinski definition) is 2. The molecule has 0 saturated heterocycles. The van der Waals surface area contributed by atoms with Gasteiger partial charge >= 0.3 is 0 Å². The summed E-state index contributed by atoms with van der Waals surface area (Å²) in [6, 6.07) is 5.77. The molecule has 2 N–H and O–H groups in total. The number of carbonyl (C=O) groups is 1. The van der Waals surface area contributed by atoms with Crippen LogP contribution in [0.1, 0.15) is 47.2 Å². The van der Waals surface area contributed by atoms with Crippen LogP contribution in [0.3, 0.4) is 0 Å². The molecule has 0 saturated carbocycles. The van der Waals surface area contributed by atoms with Crippen LogP contribution >= 0.6 is 0 Å². The summed E-state index contributed by atoms with van der Waals surface area (Å²) in [6.07, 6.45) is 3.89. The Morgan fingerprint density at radius 1 is 1.11 bits per heavy atom. The van der Waals surface area contributed by atoms with Gasteiger partial charge in [0.25, 0.3) is 5.91 Å². The number of amides is 1. The predicted molar refractivity (Wildman–Crippen MR) is 73.8 cm³/mol. The molecule has 1 rings (SSSR count). The zero-order valence-electron chi connectivity index (χ0n) is 11.3. The van der Waals surface area contributed by atoms with Crippen molar-refractivity contribution in [2.75, 3.05) is 13.2 Å². The highest BCUT2D eigenvalue weighted by molar-refractivity contribution is 5.94. The van der Waals surface area contributed by atoms with E-state index in [9.17, 15) is 4.79 Å². The molecule has 18 heavy (non-hydrogen) atoms. The van der Waals surface area contributed by atoms with Crippen molar-refractivity contribution in [3.05, 3.63) is 34.9 Å². The van der Waals surface area contributed by atoms with E-state index in [4.69, 9.17) is 5.11 Å². The van der Waals surface area contributed by atoms with Gasteiger partial charge in [0.15, 0.2) is 0 Å². The summed E-state index contributed by atoms with van der Waals surface area (Å²) in [5, 5.41) is 11.6. The van der Waals surface area contributed by atoms with Gasteiger partial charge < -0.3 is 10.4 Å². The van der Waals surface area contributed by atoms with Crippen LogP contribution in [0.4, 0.5) is 0 Å². The van der Waals surface area contributed by atoms with Crippen LogP contribution in [-0.4, -0.2) is 24.2 Å². The summed E-state index contributed by atoms with van der Waals surface area (Å²) < 4.78 is 0. The molecule has 0 heterocycles. The minimum absolute atomic E-state index is 0.000239. The SMILES string of the molecule is Cc1ccc(C(=O)NCCCCCCO)cc1C. The highest BCUT2D eigenvalue weighted by Gasteiger charge is 2.05. The highest BCUT2D eigenvalue weighted by atomic mass is 16.2. The van der Waals surface area contributed by atoms with Gasteiger partial charge in [0.1, 0.15) is 0 Å². The minimum Gasteiger partial charge on any atom is -0.396 e. The zero-order valence-corrected chi connectivity index (χ0v) is 11.3. The molecule has 0 radical (unpaired) electrons. The van der Waals surface area contributed by atoms with Crippen molar-refractivity contribution in [1.82, 2.24) is 5.32 Å². The molecule has 0 aliphatic rings. The molecule has 1 aromatic rings. The molecular weight excluding hydrogens is 226 g/mol. The number of aliphatic hydroxyl groups is 1. The van der Waals surface area contributed by atoms with Crippen LogP contribution in [0.15, 0.2) is 18.2 Å². The van der Waals surface area contributed by atoms with Gasteiger partial charge in [-0.2, -0.15) is 0 Å². The van der Waals surface area contributed by atoms with E-state index in [0.717, 1.165) is 36.8 Å². The predicted octanol–water partition coefficient (Wildman–Crippen LogP) is 2.59. The number of hydrogen-bond acceptors (Lipinski definition) is 2. The Balaban J connectivity index is 2.30. The Morgan fingerprint density at radius 2 is 1.83 bits per heavy atom. The minimum atomic E-state index is 0.000239. The normalized spacial score (nSPS) is 10.4. The maximum Gasteiger partial charge on any atom is 0.251 e. The van der Waals surface area contributed by atoms with Crippen molar-refractivity contribution >= 4 is 5.91 Å². The third-order valence-corrected chi connectivity index (χ3v) is 3.14. The first kappa shape index (κ1) is 14.7. The Labute approximate surface area is 109 Å². The lowest BCUT2D eigenvalue weighted by atomic mass is 10.1. The number of carbonyl (C=O) groups excluding carboxylic acids is 1. The molecule has 1 amide bonds. The van der Waals surface area contributed by atoms with Crippen molar-refractivity contribution in [1.29, 1.82) is 0 Å². The average molecular weight is 249 g/mol. The second-order valence-electron chi connectivity index (χ2n) is 4.69. The molecule has 3 nitrogen and oxygen atoms in total. The van der Waals surface area contributed by atoms with Crippen LogP contribution in [0, 0.1) is 13.8 Å². The van der Waals surface area contributed by atoms with Gasteiger partial charge in [-0.15, -0.1) is 0 Å². The fourth-order valence-corrected chi connectivity index (χ4v) is 1.78. The van der Waals surface area contributed by atoms with E-state index in [-0.39, 0.29) is 12.5 Å². The van der Waals surface area contributed by atoms with Gasteiger partial charge in [0, 0.05) is 18.7 Å². The lowest BCUT2D eigenvalue weighted by molar-refractivity contribution is 0.0952. The molecule has 100 valence electrons. The van der Waals surface area contributed by atoms with Crippen molar-refractivity contribution in [3.8, 4) is 0 Å². The Kier molecular flexibility index (Phi) is 6.44. The Morgan fingerprint density at radius 3 is 2.50 bits per heavy atom. The number of rotatable bonds is 7. The van der Waals surface area contributed by atoms with Gasteiger partial charge in [0.2, 0.25) is 0 Å². The maximum atomic E-state index is 11.8. The number of unbranched alkanes of at least 4 members (excludes halogenated alkanes) is 3. The first-order chi connectivity index (χ1) is 8.65. The summed E-state index contributed by atoms with van der Waals surface area (Å²) in [5.74, 6) is 0.000239. The van der Waals surface area contributed by atoms with Gasteiger partial charge in [0.05, 0.1) is 0 Å². The Bertz CT molecular complexity index is 388. The highest BCUT2D eigenvalue weighted by Crippen LogP contribution is 2.09. The van der Waals surface area contributed by atoms with E-state index in [1.807, 2.05) is 32.0 Å². The second-order valence-corrected chi connectivity index (χ2v) is 4.69. The quantitative estimate of drug-likeness (QED) is 0.730. The fraction of sp³-hybridized carbons (Fsp3) is 0.533. The van der Waals surface area contributed by atoms with Gasteiger partial charge in [-0.25, -0.2) is 0 Å². The monoisotopic (exact) mass is 249 g/mol. The number of benzene rings is 1. The lowest BCUT2D eigenvalue weighted by Gasteiger charge is -2.07. The van der Waals surface area contributed by atoms with Crippen molar-refractivity contribution < 1.29 is 9.90 Å². The third kappa shape index (κ3) is 4.88. The molecule has 0 aliphatic carbocycles. The fourth-order valence-electron chi connectivity index (χ4n) is 1.78. The number of aliphatic hydroxyl groups excluding tert-OH is 1. The average Bonchev–Trinajstić information content (AvgIpc) is 2.36.